The van der Waals surface area contributed by atoms with Crippen LogP contribution in [0.1, 0.15) is 21.5 Å². The molecule has 0 aliphatic carbocycles. The maximum absolute atomic E-state index is 13.1. The number of fused-ring (bicyclic) bond motifs is 1. The highest BCUT2D eigenvalue weighted by Crippen LogP contribution is 2.29. The highest BCUT2D eigenvalue weighted by Gasteiger charge is 2.49. The van der Waals surface area contributed by atoms with Crippen molar-refractivity contribution >= 4 is 21.8 Å². The zero-order valence-electron chi connectivity index (χ0n) is 15.6. The lowest BCUT2D eigenvalue weighted by atomic mass is 10.0. The molecule has 0 unspecified atom stereocenters. The molecule has 0 radical (unpaired) electrons. The van der Waals surface area contributed by atoms with E-state index < -0.39 is 21.9 Å². The summed E-state index contributed by atoms with van der Waals surface area (Å²) in [5.74, 6) is -0.342. The Bertz CT molecular complexity index is 850. The lowest BCUT2D eigenvalue weighted by Gasteiger charge is -2.44. The Morgan fingerprint density at radius 2 is 1.62 bits per heavy atom. The van der Waals surface area contributed by atoms with Gasteiger partial charge < -0.3 is 14.7 Å². The quantitative estimate of drug-likeness (QED) is 0.727. The highest BCUT2D eigenvalue weighted by molar-refractivity contribution is 7.91. The number of aryl methyl sites for hydroxylation is 2. The molecule has 0 N–H and O–H groups in total. The average molecular weight is 379 g/mol. The van der Waals surface area contributed by atoms with Crippen molar-refractivity contribution in [3.63, 3.8) is 0 Å². The summed E-state index contributed by atoms with van der Waals surface area (Å²) in [7, 11) is 0.000874. The van der Waals surface area contributed by atoms with Gasteiger partial charge in [-0.1, -0.05) is 17.7 Å². The number of rotatable bonds is 1. The van der Waals surface area contributed by atoms with E-state index in [2.05, 4.69) is 0 Å². The molecule has 2 heterocycles. The normalized spacial score (nSPS) is 24.3. The number of nitrogens with zero attached hydrogens (tertiary/aromatic N) is 3. The monoisotopic (exact) mass is 379 g/mol. The highest BCUT2D eigenvalue weighted by atomic mass is 32.2. The van der Waals surface area contributed by atoms with Gasteiger partial charge in [0.1, 0.15) is 0 Å². The van der Waals surface area contributed by atoms with Gasteiger partial charge in [0.05, 0.1) is 23.6 Å². The molecule has 1 aromatic rings. The lowest BCUT2D eigenvalue weighted by Crippen LogP contribution is -2.63. The second-order valence-electron chi connectivity index (χ2n) is 7.40. The Labute approximate surface area is 154 Å². The van der Waals surface area contributed by atoms with Crippen molar-refractivity contribution in [1.82, 2.24) is 14.7 Å². The first-order valence-electron chi connectivity index (χ1n) is 8.67. The van der Waals surface area contributed by atoms with Gasteiger partial charge in [0.15, 0.2) is 9.84 Å². The molecule has 3 amide bonds. The molecule has 2 saturated heterocycles. The minimum Gasteiger partial charge on any atom is -0.331 e. The second-order valence-corrected chi connectivity index (χ2v) is 9.55. The van der Waals surface area contributed by atoms with Crippen molar-refractivity contribution in [1.29, 1.82) is 0 Å². The molecule has 0 aromatic heterocycles. The molecule has 7 nitrogen and oxygen atoms in total. The molecule has 0 saturated carbocycles. The maximum Gasteiger partial charge on any atom is 0.319 e. The lowest BCUT2D eigenvalue weighted by molar-refractivity contribution is 0.0392. The fraction of sp³-hybridized carbons (Fsp3) is 0.556. The third kappa shape index (κ3) is 3.30. The van der Waals surface area contributed by atoms with Gasteiger partial charge in [-0.25, -0.2) is 13.2 Å². The Kier molecular flexibility index (Phi) is 4.72. The summed E-state index contributed by atoms with van der Waals surface area (Å²) in [6, 6.07) is 4.43. The van der Waals surface area contributed by atoms with E-state index in [1.54, 1.807) is 30.0 Å². The molecule has 0 spiro atoms. The van der Waals surface area contributed by atoms with Gasteiger partial charge in [0, 0.05) is 32.7 Å². The summed E-state index contributed by atoms with van der Waals surface area (Å²) >= 11 is 0. The third-order valence-electron chi connectivity index (χ3n) is 5.18. The van der Waals surface area contributed by atoms with Crippen LogP contribution in [0.25, 0.3) is 0 Å². The van der Waals surface area contributed by atoms with Crippen LogP contribution in [0, 0.1) is 13.8 Å². The van der Waals surface area contributed by atoms with Crippen LogP contribution in [-0.4, -0.2) is 85.8 Å². The molecule has 3 rings (SSSR count). The Balaban J connectivity index is 1.93. The van der Waals surface area contributed by atoms with Gasteiger partial charge in [-0.15, -0.1) is 0 Å². The number of urea groups is 1. The summed E-state index contributed by atoms with van der Waals surface area (Å²) < 4.78 is 24.5. The predicted octanol–water partition coefficient (Wildman–Crippen LogP) is 0.908. The topological polar surface area (TPSA) is 78.0 Å². The van der Waals surface area contributed by atoms with Gasteiger partial charge in [-0.05, 0) is 25.5 Å². The van der Waals surface area contributed by atoms with Crippen LogP contribution in [0.15, 0.2) is 18.2 Å². The van der Waals surface area contributed by atoms with E-state index in [0.29, 0.717) is 18.7 Å². The zero-order valence-corrected chi connectivity index (χ0v) is 16.4. The van der Waals surface area contributed by atoms with Gasteiger partial charge in [-0.2, -0.15) is 0 Å². The Morgan fingerprint density at radius 3 is 2.19 bits per heavy atom. The van der Waals surface area contributed by atoms with Crippen LogP contribution < -0.4 is 0 Å². The van der Waals surface area contributed by atoms with E-state index in [9.17, 15) is 18.0 Å². The molecule has 1 aromatic carbocycles. The van der Waals surface area contributed by atoms with Crippen LogP contribution in [-0.2, 0) is 9.84 Å². The molecule has 2 atom stereocenters. The summed E-state index contributed by atoms with van der Waals surface area (Å²) in [4.78, 5) is 30.2. The molecule has 8 heteroatoms. The van der Waals surface area contributed by atoms with Crippen molar-refractivity contribution in [2.24, 2.45) is 0 Å². The van der Waals surface area contributed by atoms with E-state index in [-0.39, 0.29) is 23.4 Å². The van der Waals surface area contributed by atoms with E-state index in [4.69, 9.17) is 0 Å². The first-order valence-corrected chi connectivity index (χ1v) is 10.5. The van der Waals surface area contributed by atoms with Gasteiger partial charge in [0.25, 0.3) is 5.91 Å². The second kappa shape index (κ2) is 6.57. The Hall–Kier alpha value is -2.09. The molecule has 2 aliphatic heterocycles. The molecule has 26 heavy (non-hydrogen) atoms. The van der Waals surface area contributed by atoms with Crippen molar-refractivity contribution < 1.29 is 18.0 Å². The number of piperazine rings is 1. The Morgan fingerprint density at radius 1 is 1.04 bits per heavy atom. The van der Waals surface area contributed by atoms with Crippen molar-refractivity contribution in [3.05, 3.63) is 34.9 Å². The fourth-order valence-corrected chi connectivity index (χ4v) is 5.89. The SMILES string of the molecule is Cc1ccc(C(=O)N2CCN(C(=O)N(C)C)[C@@H]3CS(=O)(=O)C[C@@H]32)c(C)c1. The van der Waals surface area contributed by atoms with Gasteiger partial charge in [-0.3, -0.25) is 4.79 Å². The van der Waals surface area contributed by atoms with Crippen LogP contribution in [0.4, 0.5) is 4.79 Å². The standard InChI is InChI=1S/C18H25N3O4S/c1-12-5-6-14(13(2)9-12)17(22)20-7-8-21(18(23)19(3)4)16-11-26(24,25)10-15(16)20/h5-6,9,15-16H,7-8,10-11H2,1-4H3/t15-,16+/m0/s1. The summed E-state index contributed by atoms with van der Waals surface area (Å²) in [6.45, 7) is 4.52. The predicted molar refractivity (Wildman–Crippen MR) is 99.0 cm³/mol. The minimum atomic E-state index is -3.29. The smallest absolute Gasteiger partial charge is 0.319 e. The van der Waals surface area contributed by atoms with E-state index >= 15 is 0 Å². The number of sulfone groups is 1. The van der Waals surface area contributed by atoms with Crippen molar-refractivity contribution in [2.45, 2.75) is 25.9 Å². The van der Waals surface area contributed by atoms with Crippen molar-refractivity contribution in [2.75, 3.05) is 38.7 Å². The third-order valence-corrected chi connectivity index (χ3v) is 6.88. The molecule has 2 aliphatic rings. The number of carbonyl (C=O) groups excluding carboxylic acids is 2. The van der Waals surface area contributed by atoms with Crippen molar-refractivity contribution in [3.8, 4) is 0 Å². The fourth-order valence-electron chi connectivity index (χ4n) is 3.91. The molecule has 0 bridgehead atoms. The largest absolute Gasteiger partial charge is 0.331 e. The number of benzene rings is 1. The van der Waals surface area contributed by atoms with Crippen LogP contribution in [0.3, 0.4) is 0 Å². The summed E-state index contributed by atoms with van der Waals surface area (Å²) in [6.07, 6.45) is 0. The van der Waals surface area contributed by atoms with Crippen LogP contribution >= 0.6 is 0 Å². The summed E-state index contributed by atoms with van der Waals surface area (Å²) in [5.41, 5.74) is 2.53. The number of carbonyl (C=O) groups is 2. The molecule has 142 valence electrons. The zero-order chi connectivity index (χ0) is 19.2. The van der Waals surface area contributed by atoms with E-state index in [1.807, 2.05) is 26.0 Å². The van der Waals surface area contributed by atoms with E-state index in [0.717, 1.165) is 11.1 Å². The summed E-state index contributed by atoms with van der Waals surface area (Å²) in [5, 5.41) is 0. The molecule has 2 fully saturated rings. The average Bonchev–Trinajstić information content (AvgIpc) is 2.87. The minimum absolute atomic E-state index is 0.0894. The molecular formula is C18H25N3O4S. The number of hydrogen-bond donors (Lipinski definition) is 0. The van der Waals surface area contributed by atoms with E-state index in [1.165, 1.54) is 4.90 Å². The number of hydrogen-bond acceptors (Lipinski definition) is 4. The molecular weight excluding hydrogens is 354 g/mol. The van der Waals surface area contributed by atoms with Crippen LogP contribution in [0.2, 0.25) is 0 Å². The van der Waals surface area contributed by atoms with Gasteiger partial charge >= 0.3 is 6.03 Å². The van der Waals surface area contributed by atoms with Crippen LogP contribution in [0.5, 0.6) is 0 Å². The maximum atomic E-state index is 13.1. The first kappa shape index (κ1) is 18.7. The van der Waals surface area contributed by atoms with Gasteiger partial charge in [0.2, 0.25) is 0 Å². The number of amides is 3. The first-order chi connectivity index (χ1) is 12.1.